The predicted molar refractivity (Wildman–Crippen MR) is 144 cm³/mol. The highest BCUT2D eigenvalue weighted by Gasteiger charge is 2.15. The number of ether oxygens (including phenoxy) is 5. The first-order valence-electron chi connectivity index (χ1n) is 11.4. The second-order valence-electron chi connectivity index (χ2n) is 7.69. The van der Waals surface area contributed by atoms with Gasteiger partial charge in [0.15, 0.2) is 23.0 Å². The second kappa shape index (κ2) is 14.1. The van der Waals surface area contributed by atoms with Gasteiger partial charge in [-0.2, -0.15) is 5.10 Å². The first-order chi connectivity index (χ1) is 18.3. The van der Waals surface area contributed by atoms with Crippen LogP contribution in [-0.4, -0.2) is 46.0 Å². The number of carbonyl (C=O) groups excluding carboxylic acids is 2. The van der Waals surface area contributed by atoms with E-state index in [2.05, 4.69) is 10.5 Å². The highest BCUT2D eigenvalue weighted by molar-refractivity contribution is 6.35. The number of rotatable bonds is 12. The van der Waals surface area contributed by atoms with Crippen molar-refractivity contribution in [2.75, 3.05) is 27.9 Å². The molecular weight excluding hydrogens is 535 g/mol. The van der Waals surface area contributed by atoms with Crippen LogP contribution in [0.15, 0.2) is 59.7 Å². The minimum atomic E-state index is -0.597. The molecule has 200 valence electrons. The molecule has 0 aliphatic rings. The summed E-state index contributed by atoms with van der Waals surface area (Å²) in [4.78, 5) is 24.7. The van der Waals surface area contributed by atoms with E-state index >= 15 is 0 Å². The molecule has 0 fully saturated rings. The summed E-state index contributed by atoms with van der Waals surface area (Å²) in [5.74, 6) is 1.05. The Kier molecular flexibility index (Phi) is 10.6. The lowest BCUT2D eigenvalue weighted by Gasteiger charge is -2.11. The molecule has 0 aliphatic heterocycles. The molecule has 1 amide bonds. The van der Waals surface area contributed by atoms with Crippen LogP contribution in [0, 0.1) is 0 Å². The van der Waals surface area contributed by atoms with Gasteiger partial charge in [0.2, 0.25) is 5.91 Å². The number of amides is 1. The SMILES string of the molecule is COc1ccc(C(=O)Oc2ccc(/C=N/NC(=O)CCCOc3ccc(Cl)cc3Cl)cc2OC)cc1OC. The Morgan fingerprint density at radius 2 is 1.53 bits per heavy atom. The molecule has 0 radical (unpaired) electrons. The van der Waals surface area contributed by atoms with E-state index in [-0.39, 0.29) is 23.6 Å². The topological polar surface area (TPSA) is 105 Å². The van der Waals surface area contributed by atoms with Crippen LogP contribution in [-0.2, 0) is 4.79 Å². The average Bonchev–Trinajstić information content (AvgIpc) is 2.92. The van der Waals surface area contributed by atoms with Crippen molar-refractivity contribution in [3.63, 3.8) is 0 Å². The first kappa shape index (κ1) is 28.6. The number of hydrogen-bond acceptors (Lipinski definition) is 8. The maximum Gasteiger partial charge on any atom is 0.343 e. The van der Waals surface area contributed by atoms with Crippen LogP contribution in [0.25, 0.3) is 0 Å². The molecule has 11 heteroatoms. The number of methoxy groups -OCH3 is 3. The van der Waals surface area contributed by atoms with Gasteiger partial charge in [-0.25, -0.2) is 10.2 Å². The lowest BCUT2D eigenvalue weighted by molar-refractivity contribution is -0.121. The van der Waals surface area contributed by atoms with Crippen LogP contribution >= 0.6 is 23.2 Å². The summed E-state index contributed by atoms with van der Waals surface area (Å²) in [6.07, 6.45) is 2.12. The molecule has 0 spiro atoms. The summed E-state index contributed by atoms with van der Waals surface area (Å²) in [5.41, 5.74) is 3.35. The molecule has 0 aromatic heterocycles. The number of hydrazone groups is 1. The van der Waals surface area contributed by atoms with Gasteiger partial charge in [-0.1, -0.05) is 23.2 Å². The fraction of sp³-hybridized carbons (Fsp3) is 0.222. The number of nitrogens with one attached hydrogen (secondary N) is 1. The van der Waals surface area contributed by atoms with Gasteiger partial charge >= 0.3 is 5.97 Å². The van der Waals surface area contributed by atoms with Crippen molar-refractivity contribution >= 4 is 41.3 Å². The van der Waals surface area contributed by atoms with E-state index in [9.17, 15) is 9.59 Å². The van der Waals surface area contributed by atoms with E-state index in [4.69, 9.17) is 46.9 Å². The Bertz CT molecular complexity index is 1310. The fourth-order valence-electron chi connectivity index (χ4n) is 3.21. The standard InChI is InChI=1S/C27H26Cl2N2O7/c1-34-22-10-7-18(14-25(22)36-3)27(33)38-23-9-6-17(13-24(23)35-2)16-30-31-26(32)5-4-12-37-21-11-8-19(28)15-20(21)29/h6-11,13-16H,4-5,12H2,1-3H3,(H,31,32)/b30-16+. The zero-order valence-electron chi connectivity index (χ0n) is 21.0. The monoisotopic (exact) mass is 560 g/mol. The number of nitrogens with zero attached hydrogens (tertiary/aromatic N) is 1. The average molecular weight is 561 g/mol. The molecule has 0 aliphatic carbocycles. The van der Waals surface area contributed by atoms with E-state index in [1.807, 2.05) is 0 Å². The summed E-state index contributed by atoms with van der Waals surface area (Å²) >= 11 is 11.9. The number of esters is 1. The van der Waals surface area contributed by atoms with Gasteiger partial charge in [0.1, 0.15) is 5.75 Å². The van der Waals surface area contributed by atoms with Crippen molar-refractivity contribution in [3.05, 3.63) is 75.8 Å². The maximum absolute atomic E-state index is 12.6. The highest BCUT2D eigenvalue weighted by Crippen LogP contribution is 2.31. The summed E-state index contributed by atoms with van der Waals surface area (Å²) in [5, 5.41) is 4.88. The predicted octanol–water partition coefficient (Wildman–Crippen LogP) is 5.55. The fourth-order valence-corrected chi connectivity index (χ4v) is 3.68. The smallest absolute Gasteiger partial charge is 0.343 e. The number of benzene rings is 3. The molecule has 1 N–H and O–H groups in total. The molecule has 3 aromatic carbocycles. The third-order valence-electron chi connectivity index (χ3n) is 5.11. The minimum Gasteiger partial charge on any atom is -0.493 e. The second-order valence-corrected chi connectivity index (χ2v) is 8.53. The summed E-state index contributed by atoms with van der Waals surface area (Å²) in [6, 6.07) is 14.5. The molecule has 9 nitrogen and oxygen atoms in total. The van der Waals surface area contributed by atoms with Gasteiger partial charge in [-0.05, 0) is 66.6 Å². The Morgan fingerprint density at radius 1 is 0.842 bits per heavy atom. The lowest BCUT2D eigenvalue weighted by Crippen LogP contribution is -2.18. The van der Waals surface area contributed by atoms with Crippen molar-refractivity contribution in [1.29, 1.82) is 0 Å². The summed E-state index contributed by atoms with van der Waals surface area (Å²) in [6.45, 7) is 0.305. The first-order valence-corrected chi connectivity index (χ1v) is 12.1. The Balaban J connectivity index is 1.51. The van der Waals surface area contributed by atoms with Crippen molar-refractivity contribution < 1.29 is 33.3 Å². The van der Waals surface area contributed by atoms with Crippen LogP contribution in [0.5, 0.6) is 28.7 Å². The van der Waals surface area contributed by atoms with Crippen LogP contribution in [0.3, 0.4) is 0 Å². The van der Waals surface area contributed by atoms with E-state index in [1.54, 1.807) is 48.5 Å². The van der Waals surface area contributed by atoms with Gasteiger partial charge in [-0.15, -0.1) is 0 Å². The molecule has 3 rings (SSSR count). The third-order valence-corrected chi connectivity index (χ3v) is 5.64. The largest absolute Gasteiger partial charge is 0.493 e. The zero-order valence-corrected chi connectivity index (χ0v) is 22.5. The highest BCUT2D eigenvalue weighted by atomic mass is 35.5. The molecule has 0 saturated heterocycles. The summed E-state index contributed by atoms with van der Waals surface area (Å²) in [7, 11) is 4.44. The van der Waals surface area contributed by atoms with Crippen LogP contribution in [0.2, 0.25) is 10.0 Å². The van der Waals surface area contributed by atoms with Crippen LogP contribution < -0.4 is 29.1 Å². The molecule has 38 heavy (non-hydrogen) atoms. The van der Waals surface area contributed by atoms with Crippen molar-refractivity contribution in [2.24, 2.45) is 5.10 Å². The molecule has 0 heterocycles. The van der Waals surface area contributed by atoms with Crippen molar-refractivity contribution in [3.8, 4) is 28.7 Å². The third kappa shape index (κ3) is 8.03. The lowest BCUT2D eigenvalue weighted by atomic mass is 10.2. The van der Waals surface area contributed by atoms with E-state index in [0.29, 0.717) is 51.6 Å². The van der Waals surface area contributed by atoms with Gasteiger partial charge in [0.05, 0.1) is 44.7 Å². The minimum absolute atomic E-state index is 0.205. The number of hydrogen-bond donors (Lipinski definition) is 1. The van der Waals surface area contributed by atoms with E-state index < -0.39 is 5.97 Å². The molecule has 0 saturated carbocycles. The van der Waals surface area contributed by atoms with Gasteiger partial charge in [0.25, 0.3) is 0 Å². The number of carbonyl (C=O) groups is 2. The molecule has 0 bridgehead atoms. The normalized spacial score (nSPS) is 10.7. The molecule has 0 atom stereocenters. The summed E-state index contributed by atoms with van der Waals surface area (Å²) < 4.78 is 26.8. The van der Waals surface area contributed by atoms with Crippen LogP contribution in [0.1, 0.15) is 28.8 Å². The van der Waals surface area contributed by atoms with Crippen molar-refractivity contribution in [1.82, 2.24) is 5.43 Å². The Hall–Kier alpha value is -3.95. The van der Waals surface area contributed by atoms with E-state index in [1.165, 1.54) is 33.6 Å². The van der Waals surface area contributed by atoms with Crippen LogP contribution in [0.4, 0.5) is 0 Å². The Labute approximate surface area is 230 Å². The van der Waals surface area contributed by atoms with E-state index in [0.717, 1.165) is 0 Å². The number of halogens is 2. The maximum atomic E-state index is 12.6. The quantitative estimate of drug-likeness (QED) is 0.102. The molecule has 0 unspecified atom stereocenters. The van der Waals surface area contributed by atoms with Gasteiger partial charge in [0, 0.05) is 11.4 Å². The molecule has 3 aromatic rings. The zero-order chi connectivity index (χ0) is 27.5. The van der Waals surface area contributed by atoms with Gasteiger partial charge in [-0.3, -0.25) is 4.79 Å². The van der Waals surface area contributed by atoms with Gasteiger partial charge < -0.3 is 23.7 Å². The Morgan fingerprint density at radius 3 is 2.24 bits per heavy atom. The molecular formula is C27H26Cl2N2O7. The van der Waals surface area contributed by atoms with Crippen molar-refractivity contribution in [2.45, 2.75) is 12.8 Å².